The van der Waals surface area contributed by atoms with Gasteiger partial charge in [-0.2, -0.15) is 0 Å². The van der Waals surface area contributed by atoms with Crippen molar-refractivity contribution in [2.45, 2.75) is 26.1 Å². The first-order valence-electron chi connectivity index (χ1n) is 8.11. The second-order valence-corrected chi connectivity index (χ2v) is 6.20. The SMILES string of the molecule is C[C@H]1CN(c2ccc(Nc3ccc4nnnn4n3)cc2F)C[C@H](C)O1. The van der Waals surface area contributed by atoms with Crippen molar-refractivity contribution >= 4 is 22.8 Å². The highest BCUT2D eigenvalue weighted by atomic mass is 19.1. The summed E-state index contributed by atoms with van der Waals surface area (Å²) in [4.78, 5) is 2.02. The van der Waals surface area contributed by atoms with Gasteiger partial charge in [0.1, 0.15) is 5.82 Å². The number of hydrogen-bond acceptors (Lipinski definition) is 7. The summed E-state index contributed by atoms with van der Waals surface area (Å²) in [6.07, 6.45) is 0.154. The van der Waals surface area contributed by atoms with Crippen LogP contribution < -0.4 is 10.2 Å². The molecule has 1 saturated heterocycles. The zero-order valence-corrected chi connectivity index (χ0v) is 13.9. The molecule has 0 unspecified atom stereocenters. The molecular formula is C16H18FN7O. The van der Waals surface area contributed by atoms with Gasteiger partial charge in [-0.25, -0.2) is 4.39 Å². The summed E-state index contributed by atoms with van der Waals surface area (Å²) in [5.74, 6) is 0.246. The molecule has 1 aromatic carbocycles. The van der Waals surface area contributed by atoms with E-state index < -0.39 is 0 Å². The Morgan fingerprint density at radius 3 is 2.72 bits per heavy atom. The van der Waals surface area contributed by atoms with Gasteiger partial charge in [-0.1, -0.05) is 0 Å². The molecule has 0 radical (unpaired) electrons. The molecule has 0 aliphatic carbocycles. The van der Waals surface area contributed by atoms with E-state index in [1.54, 1.807) is 18.2 Å². The average molecular weight is 343 g/mol. The molecule has 0 saturated carbocycles. The molecule has 2 aromatic heterocycles. The van der Waals surface area contributed by atoms with E-state index in [-0.39, 0.29) is 18.0 Å². The fourth-order valence-corrected chi connectivity index (χ4v) is 3.08. The van der Waals surface area contributed by atoms with Crippen LogP contribution in [-0.2, 0) is 4.74 Å². The van der Waals surface area contributed by atoms with Crippen LogP contribution in [0.1, 0.15) is 13.8 Å². The zero-order valence-electron chi connectivity index (χ0n) is 13.9. The molecule has 0 amide bonds. The van der Waals surface area contributed by atoms with E-state index in [0.717, 1.165) is 0 Å². The van der Waals surface area contributed by atoms with Crippen LogP contribution in [0, 0.1) is 5.82 Å². The van der Waals surface area contributed by atoms with Gasteiger partial charge in [0.25, 0.3) is 0 Å². The van der Waals surface area contributed by atoms with Crippen molar-refractivity contribution in [2.75, 3.05) is 23.3 Å². The van der Waals surface area contributed by atoms with Crippen molar-refractivity contribution in [3.05, 3.63) is 36.1 Å². The lowest BCUT2D eigenvalue weighted by Gasteiger charge is -2.37. The number of rotatable bonds is 3. The summed E-state index contributed by atoms with van der Waals surface area (Å²) in [5.41, 5.74) is 1.73. The highest BCUT2D eigenvalue weighted by molar-refractivity contribution is 5.62. The van der Waals surface area contributed by atoms with Gasteiger partial charge in [-0.15, -0.1) is 14.8 Å². The zero-order chi connectivity index (χ0) is 17.4. The van der Waals surface area contributed by atoms with Gasteiger partial charge >= 0.3 is 0 Å². The summed E-state index contributed by atoms with van der Waals surface area (Å²) >= 11 is 0. The van der Waals surface area contributed by atoms with Crippen molar-refractivity contribution < 1.29 is 9.13 Å². The maximum atomic E-state index is 14.6. The molecule has 0 bridgehead atoms. The van der Waals surface area contributed by atoms with Crippen LogP contribution in [0.25, 0.3) is 5.65 Å². The first-order chi connectivity index (χ1) is 12.1. The van der Waals surface area contributed by atoms with Crippen LogP contribution in [0.3, 0.4) is 0 Å². The maximum Gasteiger partial charge on any atom is 0.200 e. The molecule has 1 N–H and O–H groups in total. The molecule has 130 valence electrons. The van der Waals surface area contributed by atoms with Crippen LogP contribution in [0.2, 0.25) is 0 Å². The molecule has 3 aromatic rings. The third kappa shape index (κ3) is 3.22. The monoisotopic (exact) mass is 343 g/mol. The van der Waals surface area contributed by atoms with Crippen LogP contribution in [0.5, 0.6) is 0 Å². The Morgan fingerprint density at radius 2 is 1.96 bits per heavy atom. The molecule has 4 rings (SSSR count). The number of nitrogens with zero attached hydrogens (tertiary/aromatic N) is 6. The molecule has 25 heavy (non-hydrogen) atoms. The van der Waals surface area contributed by atoms with Gasteiger partial charge in [0.05, 0.1) is 17.9 Å². The van der Waals surface area contributed by atoms with Crippen molar-refractivity contribution in [1.29, 1.82) is 0 Å². The number of ether oxygens (including phenoxy) is 1. The highest BCUT2D eigenvalue weighted by Crippen LogP contribution is 2.27. The van der Waals surface area contributed by atoms with Gasteiger partial charge in [0, 0.05) is 18.8 Å². The quantitative estimate of drug-likeness (QED) is 0.779. The molecule has 8 nitrogen and oxygen atoms in total. The minimum Gasteiger partial charge on any atom is -0.372 e. The van der Waals surface area contributed by atoms with E-state index in [9.17, 15) is 4.39 Å². The first-order valence-corrected chi connectivity index (χ1v) is 8.11. The number of tetrazole rings is 1. The molecule has 9 heteroatoms. The number of fused-ring (bicyclic) bond motifs is 1. The second-order valence-electron chi connectivity index (χ2n) is 6.20. The largest absolute Gasteiger partial charge is 0.372 e. The van der Waals surface area contributed by atoms with Crippen LogP contribution in [-0.4, -0.2) is 50.6 Å². The Morgan fingerprint density at radius 1 is 1.16 bits per heavy atom. The standard InChI is InChI=1S/C16H18FN7O/c1-10-8-23(9-11(2)25-10)14-4-3-12(7-13(14)17)18-15-5-6-16-19-21-22-24(16)20-15/h3-7,10-11H,8-9H2,1-2H3,(H,18,20)/t10-,11-/m0/s1. The van der Waals surface area contributed by atoms with E-state index in [4.69, 9.17) is 4.74 Å². The van der Waals surface area contributed by atoms with Crippen LogP contribution >= 0.6 is 0 Å². The van der Waals surface area contributed by atoms with Crippen molar-refractivity contribution in [3.8, 4) is 0 Å². The van der Waals surface area contributed by atoms with Crippen molar-refractivity contribution in [2.24, 2.45) is 0 Å². The summed E-state index contributed by atoms with van der Waals surface area (Å²) in [6, 6.07) is 8.54. The third-order valence-electron chi connectivity index (χ3n) is 4.05. The Hall–Kier alpha value is -2.81. The molecule has 0 spiro atoms. The lowest BCUT2D eigenvalue weighted by atomic mass is 10.2. The predicted molar refractivity (Wildman–Crippen MR) is 90.5 cm³/mol. The minimum atomic E-state index is -0.283. The molecule has 1 fully saturated rings. The number of hydrogen-bond donors (Lipinski definition) is 1. The van der Waals surface area contributed by atoms with Crippen molar-refractivity contribution in [1.82, 2.24) is 25.3 Å². The second kappa shape index (κ2) is 6.25. The number of benzene rings is 1. The molecule has 3 heterocycles. The number of aromatic nitrogens is 5. The summed E-state index contributed by atoms with van der Waals surface area (Å²) in [6.45, 7) is 5.34. The fourth-order valence-electron chi connectivity index (χ4n) is 3.08. The third-order valence-corrected chi connectivity index (χ3v) is 4.05. The van der Waals surface area contributed by atoms with Gasteiger partial charge in [-0.05, 0) is 54.6 Å². The van der Waals surface area contributed by atoms with Gasteiger partial charge in [0.2, 0.25) is 0 Å². The molecule has 2 atom stereocenters. The van der Waals surface area contributed by atoms with Gasteiger partial charge in [0.15, 0.2) is 11.5 Å². The van der Waals surface area contributed by atoms with Gasteiger partial charge in [-0.3, -0.25) is 0 Å². The fraction of sp³-hybridized carbons (Fsp3) is 0.375. The molecule has 1 aliphatic heterocycles. The van der Waals surface area contributed by atoms with E-state index >= 15 is 0 Å². The maximum absolute atomic E-state index is 14.6. The average Bonchev–Trinajstić information content (AvgIpc) is 3.01. The molecular weight excluding hydrogens is 325 g/mol. The smallest absolute Gasteiger partial charge is 0.200 e. The lowest BCUT2D eigenvalue weighted by Crippen LogP contribution is -2.45. The Kier molecular flexibility index (Phi) is 3.92. The summed E-state index contributed by atoms with van der Waals surface area (Å²) in [7, 11) is 0. The number of halogens is 1. The van der Waals surface area contributed by atoms with Crippen LogP contribution in [0.4, 0.5) is 21.6 Å². The highest BCUT2D eigenvalue weighted by Gasteiger charge is 2.24. The van der Waals surface area contributed by atoms with E-state index in [1.807, 2.05) is 24.8 Å². The summed E-state index contributed by atoms with van der Waals surface area (Å²) < 4.78 is 21.6. The molecule has 1 aliphatic rings. The van der Waals surface area contributed by atoms with E-state index in [1.165, 1.54) is 10.7 Å². The Labute approximate surface area is 143 Å². The van der Waals surface area contributed by atoms with E-state index in [0.29, 0.717) is 35.9 Å². The van der Waals surface area contributed by atoms with Crippen LogP contribution in [0.15, 0.2) is 30.3 Å². The first kappa shape index (κ1) is 15.7. The Balaban J connectivity index is 1.54. The van der Waals surface area contributed by atoms with E-state index in [2.05, 4.69) is 25.9 Å². The topological polar surface area (TPSA) is 80.5 Å². The normalized spacial score (nSPS) is 20.8. The number of nitrogens with one attached hydrogen (secondary N) is 1. The Bertz CT molecular complexity index is 889. The lowest BCUT2D eigenvalue weighted by molar-refractivity contribution is -0.00539. The number of morpholine rings is 1. The minimum absolute atomic E-state index is 0.0770. The van der Waals surface area contributed by atoms with Gasteiger partial charge < -0.3 is 15.0 Å². The number of anilines is 3. The summed E-state index contributed by atoms with van der Waals surface area (Å²) in [5, 5.41) is 18.3. The van der Waals surface area contributed by atoms with Crippen molar-refractivity contribution in [3.63, 3.8) is 0 Å². The predicted octanol–water partition coefficient (Wildman–Crippen LogP) is 2.02.